The lowest BCUT2D eigenvalue weighted by molar-refractivity contribution is -0.661. The number of nitrogens with zero attached hydrogens (tertiary/aromatic N) is 1. The first-order valence-electron chi connectivity index (χ1n) is 6.56. The molecule has 0 unspecified atom stereocenters. The highest BCUT2D eigenvalue weighted by Gasteiger charge is 2.18. The van der Waals surface area contributed by atoms with Crippen LogP contribution in [-0.2, 0) is 12.5 Å². The van der Waals surface area contributed by atoms with Crippen LogP contribution in [-0.4, -0.2) is 0 Å². The molecule has 0 aliphatic rings. The van der Waals surface area contributed by atoms with Gasteiger partial charge in [0.05, 0.1) is 0 Å². The first-order chi connectivity index (χ1) is 8.79. The molecule has 0 N–H and O–H groups in total. The van der Waals surface area contributed by atoms with Crippen LogP contribution in [0.5, 0.6) is 0 Å². The van der Waals surface area contributed by atoms with Gasteiger partial charge in [0.1, 0.15) is 7.05 Å². The first kappa shape index (κ1) is 13.7. The number of aromatic nitrogens is 1. The smallest absolute Gasteiger partial charge is 0.200 e. The summed E-state index contributed by atoms with van der Waals surface area (Å²) in [5.41, 5.74) is 4.80. The maximum absolute atomic E-state index is 13.2. The molecule has 0 bridgehead atoms. The minimum absolute atomic E-state index is 0.112. The predicted octanol–water partition coefficient (Wildman–Crippen LogP) is 3.92. The molecule has 0 fully saturated rings. The monoisotopic (exact) mass is 258 g/mol. The van der Waals surface area contributed by atoms with Crippen LogP contribution < -0.4 is 4.57 Å². The summed E-state index contributed by atoms with van der Waals surface area (Å²) in [6.07, 6.45) is 1.51. The topological polar surface area (TPSA) is 3.88 Å². The van der Waals surface area contributed by atoms with Gasteiger partial charge in [-0.25, -0.2) is 4.39 Å². The molecule has 1 aromatic heterocycles. The van der Waals surface area contributed by atoms with Gasteiger partial charge in [-0.15, -0.1) is 0 Å². The van der Waals surface area contributed by atoms with Crippen LogP contribution in [0.15, 0.2) is 36.5 Å². The lowest BCUT2D eigenvalue weighted by Gasteiger charge is -2.20. The van der Waals surface area contributed by atoms with E-state index in [1.807, 2.05) is 17.7 Å². The van der Waals surface area contributed by atoms with Crippen molar-refractivity contribution >= 4 is 0 Å². The Bertz CT molecular complexity index is 609. The van der Waals surface area contributed by atoms with Gasteiger partial charge in [-0.3, -0.25) is 0 Å². The van der Waals surface area contributed by atoms with Crippen LogP contribution in [0.1, 0.15) is 31.9 Å². The highest BCUT2D eigenvalue weighted by molar-refractivity contribution is 5.62. The molecule has 0 atom stereocenters. The highest BCUT2D eigenvalue weighted by atomic mass is 19.1. The molecule has 1 aromatic carbocycles. The Hall–Kier alpha value is -1.70. The molecule has 2 rings (SSSR count). The molecule has 2 aromatic rings. The standard InChI is InChI=1S/C17H21FN/c1-12-6-7-13(17(2,3)4)10-15(12)16-9-8-14(18)11-19(16)5/h6-11H,1-5H3/q+1. The normalized spacial score (nSPS) is 11.7. The van der Waals surface area contributed by atoms with Crippen molar-refractivity contribution in [3.8, 4) is 11.3 Å². The summed E-state index contributed by atoms with van der Waals surface area (Å²) in [6.45, 7) is 8.69. The van der Waals surface area contributed by atoms with Crippen molar-refractivity contribution in [1.29, 1.82) is 0 Å². The molecule has 0 aliphatic carbocycles. The third kappa shape index (κ3) is 2.83. The van der Waals surface area contributed by atoms with E-state index in [1.165, 1.54) is 23.4 Å². The Morgan fingerprint density at radius 1 is 1.05 bits per heavy atom. The lowest BCUT2D eigenvalue weighted by Crippen LogP contribution is -2.31. The van der Waals surface area contributed by atoms with E-state index < -0.39 is 0 Å². The van der Waals surface area contributed by atoms with Crippen LogP contribution in [0.3, 0.4) is 0 Å². The van der Waals surface area contributed by atoms with E-state index in [4.69, 9.17) is 0 Å². The Kier molecular flexibility index (Phi) is 3.44. The quantitative estimate of drug-likeness (QED) is 0.682. The number of benzene rings is 1. The molecule has 0 aliphatic heterocycles. The molecule has 0 spiro atoms. The molecule has 0 amide bonds. The third-order valence-corrected chi connectivity index (χ3v) is 3.48. The zero-order valence-electron chi connectivity index (χ0n) is 12.3. The highest BCUT2D eigenvalue weighted by Crippen LogP contribution is 2.28. The van der Waals surface area contributed by atoms with Crippen molar-refractivity contribution in [3.63, 3.8) is 0 Å². The van der Waals surface area contributed by atoms with Gasteiger partial charge in [0.2, 0.25) is 11.9 Å². The number of halogens is 1. The van der Waals surface area contributed by atoms with Gasteiger partial charge in [0, 0.05) is 11.6 Å². The van der Waals surface area contributed by atoms with E-state index in [1.54, 1.807) is 0 Å². The molecule has 100 valence electrons. The second-order valence-corrected chi connectivity index (χ2v) is 6.12. The molecule has 0 radical (unpaired) electrons. The maximum Gasteiger partial charge on any atom is 0.212 e. The van der Waals surface area contributed by atoms with Crippen molar-refractivity contribution in [2.75, 3.05) is 0 Å². The summed E-state index contributed by atoms with van der Waals surface area (Å²) >= 11 is 0. The van der Waals surface area contributed by atoms with Crippen LogP contribution in [0.25, 0.3) is 11.3 Å². The van der Waals surface area contributed by atoms with E-state index in [2.05, 4.69) is 45.9 Å². The van der Waals surface area contributed by atoms with E-state index in [-0.39, 0.29) is 11.2 Å². The zero-order valence-corrected chi connectivity index (χ0v) is 12.3. The fourth-order valence-electron chi connectivity index (χ4n) is 2.22. The van der Waals surface area contributed by atoms with E-state index in [9.17, 15) is 4.39 Å². The number of pyridine rings is 1. The number of hydrogen-bond donors (Lipinski definition) is 0. The SMILES string of the molecule is Cc1ccc(C(C)(C)C)cc1-c1ccc(F)c[n+]1C. The van der Waals surface area contributed by atoms with Gasteiger partial charge in [0.25, 0.3) is 0 Å². The van der Waals surface area contributed by atoms with Gasteiger partial charge < -0.3 is 0 Å². The van der Waals surface area contributed by atoms with Gasteiger partial charge >= 0.3 is 0 Å². The summed E-state index contributed by atoms with van der Waals surface area (Å²) in [4.78, 5) is 0. The molecule has 1 nitrogen and oxygen atoms in total. The van der Waals surface area contributed by atoms with Crippen molar-refractivity contribution in [2.24, 2.45) is 7.05 Å². The Morgan fingerprint density at radius 3 is 2.32 bits per heavy atom. The molecular weight excluding hydrogens is 237 g/mol. The van der Waals surface area contributed by atoms with Crippen LogP contribution in [0.2, 0.25) is 0 Å². The Labute approximate surface area is 114 Å². The van der Waals surface area contributed by atoms with Crippen LogP contribution >= 0.6 is 0 Å². The maximum atomic E-state index is 13.2. The Balaban J connectivity index is 2.61. The molecular formula is C17H21FN+. The second-order valence-electron chi connectivity index (χ2n) is 6.12. The average Bonchev–Trinajstić information content (AvgIpc) is 2.29. The minimum atomic E-state index is -0.212. The first-order valence-corrected chi connectivity index (χ1v) is 6.56. The predicted molar refractivity (Wildman–Crippen MR) is 76.4 cm³/mol. The molecule has 1 heterocycles. The van der Waals surface area contributed by atoms with Gasteiger partial charge in [-0.2, -0.15) is 4.57 Å². The van der Waals surface area contributed by atoms with E-state index in [0.717, 1.165) is 11.3 Å². The zero-order chi connectivity index (χ0) is 14.2. The van der Waals surface area contributed by atoms with Crippen molar-refractivity contribution in [1.82, 2.24) is 0 Å². The van der Waals surface area contributed by atoms with E-state index >= 15 is 0 Å². The van der Waals surface area contributed by atoms with Crippen molar-refractivity contribution in [2.45, 2.75) is 33.1 Å². The Morgan fingerprint density at radius 2 is 1.74 bits per heavy atom. The molecule has 2 heteroatoms. The summed E-state index contributed by atoms with van der Waals surface area (Å²) < 4.78 is 15.0. The summed E-state index contributed by atoms with van der Waals surface area (Å²) in [6, 6.07) is 9.87. The lowest BCUT2D eigenvalue weighted by atomic mass is 9.85. The molecule has 19 heavy (non-hydrogen) atoms. The van der Waals surface area contributed by atoms with Crippen molar-refractivity contribution in [3.05, 3.63) is 53.5 Å². The fraction of sp³-hybridized carbons (Fsp3) is 0.353. The second kappa shape index (κ2) is 4.76. The van der Waals surface area contributed by atoms with Gasteiger partial charge in [0.15, 0.2) is 5.82 Å². The summed E-state index contributed by atoms with van der Waals surface area (Å²) in [5.74, 6) is -0.212. The average molecular weight is 258 g/mol. The fourth-order valence-corrected chi connectivity index (χ4v) is 2.22. The summed E-state index contributed by atoms with van der Waals surface area (Å²) in [5, 5.41) is 0. The number of rotatable bonds is 1. The third-order valence-electron chi connectivity index (χ3n) is 3.48. The minimum Gasteiger partial charge on any atom is -0.200 e. The number of hydrogen-bond acceptors (Lipinski definition) is 0. The van der Waals surface area contributed by atoms with Crippen LogP contribution in [0.4, 0.5) is 4.39 Å². The van der Waals surface area contributed by atoms with E-state index in [0.29, 0.717) is 0 Å². The largest absolute Gasteiger partial charge is 0.212 e. The number of aryl methyl sites for hydroxylation is 2. The van der Waals surface area contributed by atoms with Crippen molar-refractivity contribution < 1.29 is 8.96 Å². The summed E-state index contributed by atoms with van der Waals surface area (Å²) in [7, 11) is 1.88. The van der Waals surface area contributed by atoms with Gasteiger partial charge in [-0.1, -0.05) is 32.9 Å². The van der Waals surface area contributed by atoms with Gasteiger partial charge in [-0.05, 0) is 35.6 Å². The van der Waals surface area contributed by atoms with Crippen LogP contribution in [0, 0.1) is 12.7 Å². The molecule has 0 saturated carbocycles. The molecule has 0 saturated heterocycles.